The molecule has 1 fully saturated rings. The van der Waals surface area contributed by atoms with Crippen LogP contribution in [0.1, 0.15) is 12.8 Å². The van der Waals surface area contributed by atoms with Crippen LogP contribution in [0.15, 0.2) is 35.2 Å². The molecule has 0 heterocycles. The summed E-state index contributed by atoms with van der Waals surface area (Å²) in [5.41, 5.74) is 0.290. The maximum atomic E-state index is 5.88. The first-order chi connectivity index (χ1) is 7.35. The molecule has 2 rings (SSSR count). The molecule has 15 heavy (non-hydrogen) atoms. The summed E-state index contributed by atoms with van der Waals surface area (Å²) >= 11 is 7.78. The second-order valence-corrected chi connectivity index (χ2v) is 5.44. The highest BCUT2D eigenvalue weighted by Crippen LogP contribution is 2.36. The van der Waals surface area contributed by atoms with Gasteiger partial charge in [-0.05, 0) is 25.0 Å². The van der Waals surface area contributed by atoms with Crippen molar-refractivity contribution in [2.24, 2.45) is 0 Å². The molecule has 1 nitrogen and oxygen atoms in total. The Hall–Kier alpha value is -0.180. The minimum atomic E-state index is 0.290. The second-order valence-electron chi connectivity index (χ2n) is 4.00. The number of thioether (sulfide) groups is 1. The smallest absolute Gasteiger partial charge is 0.0406 e. The van der Waals surface area contributed by atoms with E-state index in [1.54, 1.807) is 0 Å². The van der Waals surface area contributed by atoms with Crippen LogP contribution in [-0.4, -0.2) is 23.7 Å². The average Bonchev–Trinajstić information content (AvgIpc) is 3.07. The third-order valence-corrected chi connectivity index (χ3v) is 4.25. The van der Waals surface area contributed by atoms with Crippen LogP contribution >= 0.6 is 23.4 Å². The van der Waals surface area contributed by atoms with Crippen LogP contribution in [0.4, 0.5) is 0 Å². The van der Waals surface area contributed by atoms with E-state index in [0.29, 0.717) is 5.54 Å². The summed E-state index contributed by atoms with van der Waals surface area (Å²) in [6.45, 7) is 1.05. The van der Waals surface area contributed by atoms with E-state index in [1.165, 1.54) is 17.7 Å². The topological polar surface area (TPSA) is 12.0 Å². The largest absolute Gasteiger partial charge is 0.309 e. The van der Waals surface area contributed by atoms with Crippen LogP contribution in [0.25, 0.3) is 0 Å². The molecule has 82 valence electrons. The van der Waals surface area contributed by atoms with Crippen molar-refractivity contribution in [1.82, 2.24) is 5.32 Å². The molecule has 1 aromatic carbocycles. The third kappa shape index (κ3) is 3.40. The maximum absolute atomic E-state index is 5.88. The van der Waals surface area contributed by atoms with Crippen molar-refractivity contribution >= 4 is 23.4 Å². The molecular weight excluding hydrogens is 226 g/mol. The number of alkyl halides is 1. The van der Waals surface area contributed by atoms with Gasteiger partial charge in [0.05, 0.1) is 0 Å². The van der Waals surface area contributed by atoms with E-state index in [4.69, 9.17) is 11.6 Å². The predicted octanol–water partition coefficient (Wildman–Crippen LogP) is 3.14. The van der Waals surface area contributed by atoms with Gasteiger partial charge < -0.3 is 5.32 Å². The average molecular weight is 242 g/mol. The SMILES string of the molecule is ClCC1(NCCSc2ccccc2)CC1. The van der Waals surface area contributed by atoms with Crippen LogP contribution in [0.2, 0.25) is 0 Å². The molecule has 1 saturated carbocycles. The van der Waals surface area contributed by atoms with Crippen molar-refractivity contribution in [2.75, 3.05) is 18.2 Å². The van der Waals surface area contributed by atoms with Gasteiger partial charge in [-0.1, -0.05) is 18.2 Å². The van der Waals surface area contributed by atoms with E-state index in [-0.39, 0.29) is 0 Å². The molecule has 0 bridgehead atoms. The molecule has 1 N–H and O–H groups in total. The Bertz CT molecular complexity index is 298. The first-order valence-electron chi connectivity index (χ1n) is 5.33. The van der Waals surface area contributed by atoms with Crippen molar-refractivity contribution < 1.29 is 0 Å². The molecule has 0 aromatic heterocycles. The zero-order valence-corrected chi connectivity index (χ0v) is 10.3. The second kappa shape index (κ2) is 5.24. The van der Waals surface area contributed by atoms with Gasteiger partial charge in [-0.3, -0.25) is 0 Å². The van der Waals surface area contributed by atoms with Gasteiger partial charge in [-0.2, -0.15) is 0 Å². The zero-order chi connectivity index (χ0) is 10.6. The summed E-state index contributed by atoms with van der Waals surface area (Å²) in [5.74, 6) is 1.87. The molecule has 0 amide bonds. The highest BCUT2D eigenvalue weighted by molar-refractivity contribution is 7.99. The van der Waals surface area contributed by atoms with E-state index >= 15 is 0 Å². The summed E-state index contributed by atoms with van der Waals surface area (Å²) in [4.78, 5) is 1.34. The van der Waals surface area contributed by atoms with Gasteiger partial charge in [0.1, 0.15) is 0 Å². The molecule has 0 unspecified atom stereocenters. The molecule has 0 spiro atoms. The number of halogens is 1. The van der Waals surface area contributed by atoms with Crippen molar-refractivity contribution in [3.8, 4) is 0 Å². The monoisotopic (exact) mass is 241 g/mol. The minimum absolute atomic E-state index is 0.290. The Labute approximate surface area is 101 Å². The Morgan fingerprint density at radius 1 is 1.27 bits per heavy atom. The van der Waals surface area contributed by atoms with Crippen molar-refractivity contribution in [1.29, 1.82) is 0 Å². The van der Waals surface area contributed by atoms with Crippen LogP contribution in [0.5, 0.6) is 0 Å². The van der Waals surface area contributed by atoms with Gasteiger partial charge in [-0.15, -0.1) is 23.4 Å². The van der Waals surface area contributed by atoms with Gasteiger partial charge in [0, 0.05) is 28.6 Å². The fourth-order valence-electron chi connectivity index (χ4n) is 1.51. The lowest BCUT2D eigenvalue weighted by molar-refractivity contribution is 0.567. The van der Waals surface area contributed by atoms with Crippen molar-refractivity contribution in [2.45, 2.75) is 23.3 Å². The quantitative estimate of drug-likeness (QED) is 0.467. The predicted molar refractivity (Wildman–Crippen MR) is 67.9 cm³/mol. The summed E-state index contributed by atoms with van der Waals surface area (Å²) < 4.78 is 0. The molecule has 0 radical (unpaired) electrons. The highest BCUT2D eigenvalue weighted by atomic mass is 35.5. The molecule has 1 aromatic rings. The Kier molecular flexibility index (Phi) is 3.95. The number of benzene rings is 1. The zero-order valence-electron chi connectivity index (χ0n) is 8.71. The first-order valence-corrected chi connectivity index (χ1v) is 6.86. The van der Waals surface area contributed by atoms with Crippen LogP contribution < -0.4 is 5.32 Å². The fraction of sp³-hybridized carbons (Fsp3) is 0.500. The van der Waals surface area contributed by atoms with Crippen molar-refractivity contribution in [3.63, 3.8) is 0 Å². The van der Waals surface area contributed by atoms with E-state index < -0.39 is 0 Å². The lowest BCUT2D eigenvalue weighted by Crippen LogP contribution is -2.34. The van der Waals surface area contributed by atoms with E-state index in [9.17, 15) is 0 Å². The van der Waals surface area contributed by atoms with Crippen molar-refractivity contribution in [3.05, 3.63) is 30.3 Å². The Morgan fingerprint density at radius 3 is 2.60 bits per heavy atom. The summed E-state index contributed by atoms with van der Waals surface area (Å²) in [6.07, 6.45) is 2.49. The number of nitrogens with one attached hydrogen (secondary N) is 1. The molecular formula is C12H16ClNS. The van der Waals surface area contributed by atoms with Gasteiger partial charge in [0.2, 0.25) is 0 Å². The molecule has 0 atom stereocenters. The van der Waals surface area contributed by atoms with Gasteiger partial charge in [-0.25, -0.2) is 0 Å². The highest BCUT2D eigenvalue weighted by Gasteiger charge is 2.40. The van der Waals surface area contributed by atoms with Crippen LogP contribution in [-0.2, 0) is 0 Å². The Balaban J connectivity index is 1.63. The van der Waals surface area contributed by atoms with Gasteiger partial charge in [0.15, 0.2) is 0 Å². The van der Waals surface area contributed by atoms with Gasteiger partial charge >= 0.3 is 0 Å². The fourth-order valence-corrected chi connectivity index (χ4v) is 2.66. The first kappa shape index (κ1) is 11.3. The lowest BCUT2D eigenvalue weighted by atomic mass is 10.3. The third-order valence-electron chi connectivity index (χ3n) is 2.72. The summed E-state index contributed by atoms with van der Waals surface area (Å²) in [7, 11) is 0. The van der Waals surface area contributed by atoms with E-state index in [2.05, 4.69) is 35.6 Å². The minimum Gasteiger partial charge on any atom is -0.309 e. The number of hydrogen-bond acceptors (Lipinski definition) is 2. The Morgan fingerprint density at radius 2 is 2.00 bits per heavy atom. The van der Waals surface area contributed by atoms with Gasteiger partial charge in [0.25, 0.3) is 0 Å². The van der Waals surface area contributed by atoms with Crippen LogP contribution in [0.3, 0.4) is 0 Å². The number of hydrogen-bond donors (Lipinski definition) is 1. The summed E-state index contributed by atoms with van der Waals surface area (Å²) in [6, 6.07) is 10.5. The van der Waals surface area contributed by atoms with Crippen LogP contribution in [0, 0.1) is 0 Å². The molecule has 1 aliphatic carbocycles. The normalized spacial score (nSPS) is 17.7. The molecule has 3 heteroatoms. The molecule has 0 saturated heterocycles. The number of rotatable bonds is 6. The standard InChI is InChI=1S/C12H16ClNS/c13-10-12(6-7-12)14-8-9-15-11-4-2-1-3-5-11/h1-5,14H,6-10H2. The molecule has 1 aliphatic rings. The van der Waals surface area contributed by atoms with E-state index in [1.807, 2.05) is 11.8 Å². The van der Waals surface area contributed by atoms with E-state index in [0.717, 1.165) is 18.2 Å². The molecule has 0 aliphatic heterocycles. The lowest BCUT2D eigenvalue weighted by Gasteiger charge is -2.13. The summed E-state index contributed by atoms with van der Waals surface area (Å²) in [5, 5.41) is 3.54. The maximum Gasteiger partial charge on any atom is 0.0406 e.